The van der Waals surface area contributed by atoms with Gasteiger partial charge < -0.3 is 10.1 Å². The Morgan fingerprint density at radius 2 is 1.59 bits per heavy atom. The SMILES string of the molecule is COC(=O)c1ccc(NC(=O)[C@H](C)N2C(=O)c3cc(Cl)c(Cl)cc3C2=O)c(C)c1. The maximum Gasteiger partial charge on any atom is 0.337 e. The number of rotatable bonds is 4. The number of ether oxygens (including phenoxy) is 1. The summed E-state index contributed by atoms with van der Waals surface area (Å²) >= 11 is 11.9. The highest BCUT2D eigenvalue weighted by Crippen LogP contribution is 2.32. The van der Waals surface area contributed by atoms with Crippen LogP contribution in [0.3, 0.4) is 0 Å². The summed E-state index contributed by atoms with van der Waals surface area (Å²) in [5.74, 6) is -2.30. The van der Waals surface area contributed by atoms with Crippen molar-refractivity contribution in [2.45, 2.75) is 19.9 Å². The molecule has 0 saturated heterocycles. The van der Waals surface area contributed by atoms with Crippen molar-refractivity contribution >= 4 is 52.6 Å². The Labute approximate surface area is 176 Å². The third-order valence-electron chi connectivity index (χ3n) is 4.63. The van der Waals surface area contributed by atoms with Crippen molar-refractivity contribution in [2.24, 2.45) is 0 Å². The first-order valence-corrected chi connectivity index (χ1v) is 9.28. The number of imide groups is 1. The van der Waals surface area contributed by atoms with E-state index in [1.807, 2.05) is 0 Å². The Bertz CT molecular complexity index is 1030. The average Bonchev–Trinajstić information content (AvgIpc) is 2.92. The van der Waals surface area contributed by atoms with Crippen molar-refractivity contribution < 1.29 is 23.9 Å². The smallest absolute Gasteiger partial charge is 0.337 e. The molecular weight excluding hydrogens is 419 g/mol. The molecule has 1 aliphatic heterocycles. The Morgan fingerprint density at radius 1 is 1.03 bits per heavy atom. The number of nitrogens with zero attached hydrogens (tertiary/aromatic N) is 1. The molecule has 0 saturated carbocycles. The van der Waals surface area contributed by atoms with Gasteiger partial charge in [-0.25, -0.2) is 4.79 Å². The highest BCUT2D eigenvalue weighted by atomic mass is 35.5. The van der Waals surface area contributed by atoms with E-state index in [1.54, 1.807) is 19.1 Å². The van der Waals surface area contributed by atoms with Gasteiger partial charge in [-0.1, -0.05) is 23.2 Å². The van der Waals surface area contributed by atoms with E-state index >= 15 is 0 Å². The lowest BCUT2D eigenvalue weighted by atomic mass is 10.1. The molecule has 0 radical (unpaired) electrons. The van der Waals surface area contributed by atoms with Crippen LogP contribution in [0.25, 0.3) is 0 Å². The lowest BCUT2D eigenvalue weighted by Crippen LogP contribution is -2.45. The predicted molar refractivity (Wildman–Crippen MR) is 108 cm³/mol. The molecule has 1 heterocycles. The molecular formula is C20H16Cl2N2O5. The third-order valence-corrected chi connectivity index (χ3v) is 5.35. The molecule has 1 aliphatic rings. The standard InChI is InChI=1S/C20H16Cl2N2O5/c1-9-6-11(20(28)29-3)4-5-16(9)23-17(25)10(2)24-18(26)12-7-14(21)15(22)8-13(12)19(24)27/h4-8,10H,1-3H3,(H,23,25)/t10-/m0/s1. The quantitative estimate of drug-likeness (QED) is 0.584. The summed E-state index contributed by atoms with van der Waals surface area (Å²) in [6.45, 7) is 3.15. The second-order valence-electron chi connectivity index (χ2n) is 6.48. The van der Waals surface area contributed by atoms with Gasteiger partial charge in [-0.3, -0.25) is 19.3 Å². The second-order valence-corrected chi connectivity index (χ2v) is 7.29. The molecule has 150 valence electrons. The lowest BCUT2D eigenvalue weighted by Gasteiger charge is -2.22. The Morgan fingerprint density at radius 3 is 2.07 bits per heavy atom. The third kappa shape index (κ3) is 3.71. The molecule has 0 unspecified atom stereocenters. The van der Waals surface area contributed by atoms with Crippen molar-refractivity contribution in [1.82, 2.24) is 4.90 Å². The van der Waals surface area contributed by atoms with Crippen LogP contribution in [0.2, 0.25) is 10.0 Å². The molecule has 3 rings (SSSR count). The van der Waals surface area contributed by atoms with E-state index in [2.05, 4.69) is 10.1 Å². The van der Waals surface area contributed by atoms with Gasteiger partial charge in [0.05, 0.1) is 33.8 Å². The summed E-state index contributed by atoms with van der Waals surface area (Å²) in [5, 5.41) is 2.96. The summed E-state index contributed by atoms with van der Waals surface area (Å²) in [5.41, 5.74) is 1.60. The number of carbonyl (C=O) groups is 4. The fraction of sp³-hybridized carbons (Fsp3) is 0.200. The molecule has 1 N–H and O–H groups in total. The summed E-state index contributed by atoms with van der Waals surface area (Å²) < 4.78 is 4.66. The molecule has 0 aliphatic carbocycles. The van der Waals surface area contributed by atoms with Crippen LogP contribution >= 0.6 is 23.2 Å². The summed E-state index contributed by atoms with van der Waals surface area (Å²) in [7, 11) is 1.28. The van der Waals surface area contributed by atoms with Gasteiger partial charge >= 0.3 is 5.97 Å². The zero-order valence-corrected chi connectivity index (χ0v) is 17.2. The minimum atomic E-state index is -1.08. The van der Waals surface area contributed by atoms with Crippen LogP contribution in [0, 0.1) is 6.92 Å². The molecule has 0 bridgehead atoms. The first kappa shape index (κ1) is 20.8. The number of aryl methyl sites for hydroxylation is 1. The maximum atomic E-state index is 12.7. The second kappa shape index (κ2) is 7.85. The van der Waals surface area contributed by atoms with E-state index in [0.29, 0.717) is 16.8 Å². The molecule has 0 aromatic heterocycles. The minimum Gasteiger partial charge on any atom is -0.465 e. The number of fused-ring (bicyclic) bond motifs is 1. The molecule has 0 fully saturated rings. The van der Waals surface area contributed by atoms with Gasteiger partial charge in [-0.05, 0) is 49.7 Å². The van der Waals surface area contributed by atoms with Crippen molar-refractivity contribution in [1.29, 1.82) is 0 Å². The first-order chi connectivity index (χ1) is 13.6. The fourth-order valence-corrected chi connectivity index (χ4v) is 3.33. The number of carbonyl (C=O) groups excluding carboxylic acids is 4. The number of benzene rings is 2. The van der Waals surface area contributed by atoms with Crippen LogP contribution in [0.1, 0.15) is 43.6 Å². The lowest BCUT2D eigenvalue weighted by molar-refractivity contribution is -0.119. The monoisotopic (exact) mass is 434 g/mol. The van der Waals surface area contributed by atoms with Crippen LogP contribution in [0.5, 0.6) is 0 Å². The molecule has 0 spiro atoms. The van der Waals surface area contributed by atoms with E-state index in [9.17, 15) is 19.2 Å². The number of esters is 1. The number of nitrogens with one attached hydrogen (secondary N) is 1. The Balaban J connectivity index is 1.82. The van der Waals surface area contributed by atoms with Gasteiger partial charge in [0, 0.05) is 5.69 Å². The number of methoxy groups -OCH3 is 1. The van der Waals surface area contributed by atoms with Gasteiger partial charge in [0.2, 0.25) is 5.91 Å². The van der Waals surface area contributed by atoms with Gasteiger partial charge in [0.1, 0.15) is 6.04 Å². The number of anilines is 1. The topological polar surface area (TPSA) is 92.8 Å². The van der Waals surface area contributed by atoms with Crippen LogP contribution in [0.15, 0.2) is 30.3 Å². The predicted octanol–water partition coefficient (Wildman–Crippen LogP) is 3.71. The largest absolute Gasteiger partial charge is 0.465 e. The van der Waals surface area contributed by atoms with Crippen LogP contribution in [-0.4, -0.2) is 41.7 Å². The fourth-order valence-electron chi connectivity index (χ4n) is 3.01. The molecule has 9 heteroatoms. The van der Waals surface area contributed by atoms with Gasteiger partial charge in [0.15, 0.2) is 0 Å². The van der Waals surface area contributed by atoms with Crippen LogP contribution < -0.4 is 5.32 Å². The van der Waals surface area contributed by atoms with Crippen LogP contribution in [0.4, 0.5) is 5.69 Å². The number of hydrogen-bond donors (Lipinski definition) is 1. The van der Waals surface area contributed by atoms with Crippen molar-refractivity contribution in [3.63, 3.8) is 0 Å². The zero-order chi connectivity index (χ0) is 21.5. The van der Waals surface area contributed by atoms with E-state index in [4.69, 9.17) is 23.2 Å². The van der Waals surface area contributed by atoms with Crippen LogP contribution in [-0.2, 0) is 9.53 Å². The van der Waals surface area contributed by atoms with Gasteiger partial charge in [-0.15, -0.1) is 0 Å². The molecule has 3 amide bonds. The highest BCUT2D eigenvalue weighted by Gasteiger charge is 2.41. The normalized spacial score (nSPS) is 13.9. The first-order valence-electron chi connectivity index (χ1n) is 8.52. The average molecular weight is 435 g/mol. The number of amides is 3. The minimum absolute atomic E-state index is 0.0997. The van der Waals surface area contributed by atoms with E-state index in [0.717, 1.165) is 4.90 Å². The Kier molecular flexibility index (Phi) is 5.64. The molecule has 2 aromatic rings. The van der Waals surface area contributed by atoms with Gasteiger partial charge in [-0.2, -0.15) is 0 Å². The van der Waals surface area contributed by atoms with E-state index in [-0.39, 0.29) is 21.2 Å². The zero-order valence-electron chi connectivity index (χ0n) is 15.7. The maximum absolute atomic E-state index is 12.7. The Hall–Kier alpha value is -2.90. The van der Waals surface area contributed by atoms with E-state index < -0.39 is 29.7 Å². The summed E-state index contributed by atoms with van der Waals surface area (Å²) in [4.78, 5) is 50.5. The summed E-state index contributed by atoms with van der Waals surface area (Å²) in [6.07, 6.45) is 0. The van der Waals surface area contributed by atoms with Crippen molar-refractivity contribution in [3.05, 3.63) is 62.6 Å². The van der Waals surface area contributed by atoms with Crippen molar-refractivity contribution in [2.75, 3.05) is 12.4 Å². The molecule has 29 heavy (non-hydrogen) atoms. The molecule has 7 nitrogen and oxygen atoms in total. The highest BCUT2D eigenvalue weighted by molar-refractivity contribution is 6.43. The van der Waals surface area contributed by atoms with Crippen molar-refractivity contribution in [3.8, 4) is 0 Å². The number of hydrogen-bond acceptors (Lipinski definition) is 5. The molecule has 2 aromatic carbocycles. The van der Waals surface area contributed by atoms with E-state index in [1.165, 1.54) is 32.2 Å². The molecule has 1 atom stereocenters. The number of halogens is 2. The summed E-state index contributed by atoms with van der Waals surface area (Å²) in [6, 6.07) is 6.18. The van der Waals surface area contributed by atoms with Gasteiger partial charge in [0.25, 0.3) is 11.8 Å².